The monoisotopic (exact) mass is 246 g/mol. The molecule has 0 radical (unpaired) electrons. The van der Waals surface area contributed by atoms with Gasteiger partial charge in [0.05, 0.1) is 6.61 Å². The van der Waals surface area contributed by atoms with E-state index in [4.69, 9.17) is 30.2 Å². The zero-order chi connectivity index (χ0) is 12.2. The second kappa shape index (κ2) is 5.52. The van der Waals surface area contributed by atoms with Gasteiger partial charge in [-0.25, -0.2) is 9.36 Å². The van der Waals surface area contributed by atoms with Crippen molar-refractivity contribution < 1.29 is 44.1 Å². The number of phosphoric acid groups is 1. The molecule has 0 aliphatic heterocycles. The van der Waals surface area contributed by atoms with E-state index in [9.17, 15) is 9.36 Å². The van der Waals surface area contributed by atoms with Crippen molar-refractivity contribution in [1.29, 1.82) is 0 Å². The molecule has 0 aromatic rings. The number of hydrogen-bond acceptors (Lipinski definition) is 6. The van der Waals surface area contributed by atoms with Crippen molar-refractivity contribution in [1.82, 2.24) is 0 Å². The molecular weight excluding hydrogens is 235 g/mol. The van der Waals surface area contributed by atoms with Crippen molar-refractivity contribution in [3.8, 4) is 0 Å². The normalized spacial score (nSPS) is 18.2. The molecule has 0 saturated heterocycles. The van der Waals surface area contributed by atoms with Crippen LogP contribution in [0.2, 0.25) is 0 Å². The van der Waals surface area contributed by atoms with Crippen LogP contribution >= 0.6 is 7.82 Å². The minimum Gasteiger partial charge on any atom is -0.479 e. The molecule has 0 fully saturated rings. The highest BCUT2D eigenvalue weighted by Crippen LogP contribution is 2.38. The molecule has 90 valence electrons. The largest absolute Gasteiger partial charge is 0.479 e. The van der Waals surface area contributed by atoms with E-state index in [1.807, 2.05) is 0 Å². The van der Waals surface area contributed by atoms with Crippen LogP contribution in [0, 0.1) is 0 Å². The first kappa shape index (κ1) is 14.5. The van der Waals surface area contributed by atoms with E-state index in [0.717, 1.165) is 0 Å². The second-order valence-corrected chi connectivity index (χ2v) is 3.79. The van der Waals surface area contributed by atoms with Crippen LogP contribution in [-0.2, 0) is 13.9 Å². The summed E-state index contributed by atoms with van der Waals surface area (Å²) < 4.78 is 14.0. The molecule has 3 atom stereocenters. The Labute approximate surface area is 83.8 Å². The van der Waals surface area contributed by atoms with Crippen molar-refractivity contribution in [3.05, 3.63) is 0 Å². The summed E-state index contributed by atoms with van der Waals surface area (Å²) in [5.74, 6) is -1.88. The lowest BCUT2D eigenvalue weighted by molar-refractivity contribution is -0.158. The highest BCUT2D eigenvalue weighted by Gasteiger charge is 2.37. The average Bonchev–Trinajstić information content (AvgIpc) is 2.10. The van der Waals surface area contributed by atoms with Gasteiger partial charge in [-0.2, -0.15) is 0 Å². The molecule has 0 bridgehead atoms. The predicted octanol–water partition coefficient (Wildman–Crippen LogP) is -2.74. The summed E-state index contributed by atoms with van der Waals surface area (Å²) in [6.45, 7) is -0.977. The van der Waals surface area contributed by atoms with Crippen LogP contribution in [0.1, 0.15) is 0 Å². The van der Waals surface area contributed by atoms with Gasteiger partial charge in [-0.05, 0) is 0 Å². The number of aliphatic hydroxyl groups is 3. The van der Waals surface area contributed by atoms with Crippen molar-refractivity contribution in [2.24, 2.45) is 0 Å². The van der Waals surface area contributed by atoms with Crippen LogP contribution in [-0.4, -0.2) is 61.1 Å². The van der Waals surface area contributed by atoms with Crippen molar-refractivity contribution in [3.63, 3.8) is 0 Å². The van der Waals surface area contributed by atoms with Gasteiger partial charge in [-0.3, -0.25) is 4.52 Å². The Hall–Kier alpha value is -0.540. The molecule has 0 saturated carbocycles. The summed E-state index contributed by atoms with van der Waals surface area (Å²) in [4.78, 5) is 27.0. The lowest BCUT2D eigenvalue weighted by Crippen LogP contribution is -2.45. The van der Waals surface area contributed by atoms with Gasteiger partial charge >= 0.3 is 13.8 Å². The number of aliphatic carboxylic acids is 1. The van der Waals surface area contributed by atoms with Crippen LogP contribution in [0.5, 0.6) is 0 Å². The summed E-state index contributed by atoms with van der Waals surface area (Å²) in [5, 5.41) is 34.7. The van der Waals surface area contributed by atoms with Gasteiger partial charge < -0.3 is 30.2 Å². The van der Waals surface area contributed by atoms with Crippen LogP contribution < -0.4 is 0 Å². The maximum absolute atomic E-state index is 10.4. The van der Waals surface area contributed by atoms with Crippen LogP contribution in [0.4, 0.5) is 0 Å². The van der Waals surface area contributed by atoms with E-state index in [1.165, 1.54) is 0 Å². The molecule has 0 rings (SSSR count). The SMILES string of the molecule is O=C(O)[C@H](OP(=O)(O)O)[C@H](O)[C@H](O)CO. The van der Waals surface area contributed by atoms with Gasteiger partial charge in [0.2, 0.25) is 0 Å². The zero-order valence-electron chi connectivity index (χ0n) is 7.29. The van der Waals surface area contributed by atoms with Crippen molar-refractivity contribution in [2.45, 2.75) is 18.3 Å². The smallest absolute Gasteiger partial charge is 0.470 e. The Morgan fingerprint density at radius 3 is 2.07 bits per heavy atom. The van der Waals surface area contributed by atoms with Gasteiger partial charge in [0, 0.05) is 0 Å². The number of carboxylic acid groups (broad SMARTS) is 1. The fraction of sp³-hybridized carbons (Fsp3) is 0.800. The van der Waals surface area contributed by atoms with E-state index in [2.05, 4.69) is 4.52 Å². The van der Waals surface area contributed by atoms with Crippen LogP contribution in [0.25, 0.3) is 0 Å². The summed E-state index contributed by atoms with van der Waals surface area (Å²) >= 11 is 0. The third-order valence-corrected chi connectivity index (χ3v) is 1.89. The van der Waals surface area contributed by atoms with E-state index < -0.39 is 38.7 Å². The van der Waals surface area contributed by atoms with Gasteiger partial charge in [-0.15, -0.1) is 0 Å². The molecular formula is C5H11O9P. The molecule has 0 aromatic heterocycles. The fourth-order valence-electron chi connectivity index (χ4n) is 0.711. The quantitative estimate of drug-likeness (QED) is 0.272. The standard InChI is InChI=1S/C5H11O9P/c6-1-2(7)3(8)4(5(9)10)14-15(11,12)13/h2-4,6-8H,1H2,(H,9,10)(H2,11,12,13)/t2-,3-,4-/m1/s1. The second-order valence-electron chi connectivity index (χ2n) is 2.60. The molecule has 6 N–H and O–H groups in total. The number of phosphoric ester groups is 1. The minimum atomic E-state index is -5.11. The van der Waals surface area contributed by atoms with Gasteiger partial charge in [-0.1, -0.05) is 0 Å². The molecule has 9 nitrogen and oxygen atoms in total. The predicted molar refractivity (Wildman–Crippen MR) is 43.7 cm³/mol. The molecule has 15 heavy (non-hydrogen) atoms. The van der Waals surface area contributed by atoms with Crippen LogP contribution in [0.15, 0.2) is 0 Å². The van der Waals surface area contributed by atoms with Crippen molar-refractivity contribution in [2.75, 3.05) is 6.61 Å². The molecule has 0 spiro atoms. The van der Waals surface area contributed by atoms with Gasteiger partial charge in [0.15, 0.2) is 6.10 Å². The third-order valence-electron chi connectivity index (χ3n) is 1.39. The third kappa shape index (κ3) is 5.19. The number of rotatable bonds is 6. The lowest BCUT2D eigenvalue weighted by atomic mass is 10.1. The molecule has 10 heteroatoms. The molecule has 0 aliphatic carbocycles. The average molecular weight is 246 g/mol. The Bertz CT molecular complexity index is 259. The Morgan fingerprint density at radius 2 is 1.80 bits per heavy atom. The first-order chi connectivity index (χ1) is 6.69. The van der Waals surface area contributed by atoms with Crippen LogP contribution in [0.3, 0.4) is 0 Å². The number of carboxylic acids is 1. The number of aliphatic hydroxyl groups excluding tert-OH is 3. The number of carbonyl (C=O) groups is 1. The topological polar surface area (TPSA) is 165 Å². The zero-order valence-corrected chi connectivity index (χ0v) is 8.19. The lowest BCUT2D eigenvalue weighted by Gasteiger charge is -2.22. The maximum Gasteiger partial charge on any atom is 0.470 e. The first-order valence-electron chi connectivity index (χ1n) is 3.62. The molecule has 0 aromatic carbocycles. The van der Waals surface area contributed by atoms with E-state index >= 15 is 0 Å². The van der Waals surface area contributed by atoms with Gasteiger partial charge in [0.25, 0.3) is 0 Å². The summed E-state index contributed by atoms with van der Waals surface area (Å²) in [5.41, 5.74) is 0. The van der Waals surface area contributed by atoms with E-state index in [0.29, 0.717) is 0 Å². The number of hydrogen-bond donors (Lipinski definition) is 6. The fourth-order valence-corrected chi connectivity index (χ4v) is 1.22. The van der Waals surface area contributed by atoms with Gasteiger partial charge in [0.1, 0.15) is 12.2 Å². The molecule has 0 amide bonds. The molecule has 0 unspecified atom stereocenters. The molecule has 0 heterocycles. The van der Waals surface area contributed by atoms with E-state index in [1.54, 1.807) is 0 Å². The van der Waals surface area contributed by atoms with Crippen molar-refractivity contribution >= 4 is 13.8 Å². The Morgan fingerprint density at radius 1 is 1.33 bits per heavy atom. The van der Waals surface area contributed by atoms with E-state index in [-0.39, 0.29) is 0 Å². The highest BCUT2D eigenvalue weighted by molar-refractivity contribution is 7.46. The Balaban J connectivity index is 4.67. The summed E-state index contributed by atoms with van der Waals surface area (Å²) in [6.07, 6.45) is -6.36. The summed E-state index contributed by atoms with van der Waals surface area (Å²) in [6, 6.07) is 0. The minimum absolute atomic E-state index is 0.977. The summed E-state index contributed by atoms with van der Waals surface area (Å²) in [7, 11) is -5.11. The molecule has 0 aliphatic rings. The Kier molecular flexibility index (Phi) is 5.32. The maximum atomic E-state index is 10.4. The first-order valence-corrected chi connectivity index (χ1v) is 5.16. The highest BCUT2D eigenvalue weighted by atomic mass is 31.2.